The van der Waals surface area contributed by atoms with Crippen LogP contribution in [0.1, 0.15) is 12.1 Å². The molecule has 6 heteroatoms. The topological polar surface area (TPSA) is 12.9 Å². The van der Waals surface area contributed by atoms with Gasteiger partial charge in [0.25, 0.3) is 6.43 Å². The van der Waals surface area contributed by atoms with E-state index in [1.807, 2.05) is 0 Å². The molecule has 1 heterocycles. The van der Waals surface area contributed by atoms with Crippen molar-refractivity contribution in [3.8, 4) is 0 Å². The zero-order valence-corrected chi connectivity index (χ0v) is 9.42. The molecule has 1 rings (SSSR count). The predicted molar refractivity (Wildman–Crippen MR) is 49.6 cm³/mol. The molecule has 0 aromatic carbocycles. The quantitative estimate of drug-likeness (QED) is 0.755. The molecule has 0 amide bonds. The van der Waals surface area contributed by atoms with Gasteiger partial charge in [-0.05, 0) is 31.9 Å². The van der Waals surface area contributed by atoms with E-state index >= 15 is 0 Å². The first kappa shape index (κ1) is 10.3. The van der Waals surface area contributed by atoms with Crippen molar-refractivity contribution in [2.24, 2.45) is 0 Å². The van der Waals surface area contributed by atoms with Gasteiger partial charge in [0, 0.05) is 6.20 Å². The summed E-state index contributed by atoms with van der Waals surface area (Å²) in [5.74, 6) is 0. The zero-order valence-electron chi connectivity index (χ0n) is 5.49. The number of halogens is 5. The highest BCUT2D eigenvalue weighted by Crippen LogP contribution is 2.35. The highest BCUT2D eigenvalue weighted by molar-refractivity contribution is 9.13. The maximum absolute atomic E-state index is 12.2. The first-order chi connectivity index (χ1) is 5.54. The van der Waals surface area contributed by atoms with Crippen LogP contribution in [0.2, 0.25) is 5.02 Å². The van der Waals surface area contributed by atoms with Gasteiger partial charge >= 0.3 is 0 Å². The molecule has 0 fully saturated rings. The van der Waals surface area contributed by atoms with Crippen LogP contribution in [0, 0.1) is 0 Å². The Morgan fingerprint density at radius 2 is 2.00 bits per heavy atom. The number of pyridine rings is 1. The molecule has 0 saturated heterocycles. The van der Waals surface area contributed by atoms with Crippen molar-refractivity contribution >= 4 is 43.5 Å². The number of hydrogen-bond acceptors (Lipinski definition) is 1. The van der Waals surface area contributed by atoms with Crippen LogP contribution < -0.4 is 0 Å². The van der Waals surface area contributed by atoms with Crippen LogP contribution in [-0.4, -0.2) is 4.98 Å². The van der Waals surface area contributed by atoms with Crippen LogP contribution in [-0.2, 0) is 0 Å². The van der Waals surface area contributed by atoms with Gasteiger partial charge in [-0.25, -0.2) is 8.78 Å². The van der Waals surface area contributed by atoms with Crippen LogP contribution in [0.4, 0.5) is 8.78 Å². The van der Waals surface area contributed by atoms with Gasteiger partial charge in [0.15, 0.2) is 0 Å². The molecule has 0 bridgehead atoms. The Labute approximate surface area is 89.4 Å². The van der Waals surface area contributed by atoms with Crippen molar-refractivity contribution in [1.82, 2.24) is 4.98 Å². The van der Waals surface area contributed by atoms with Crippen molar-refractivity contribution in [1.29, 1.82) is 0 Å². The molecule has 0 unspecified atom stereocenters. The van der Waals surface area contributed by atoms with Crippen molar-refractivity contribution in [3.05, 3.63) is 25.9 Å². The Morgan fingerprint density at radius 1 is 1.42 bits per heavy atom. The van der Waals surface area contributed by atoms with E-state index in [0.717, 1.165) is 0 Å². The molecule has 66 valence electrons. The average Bonchev–Trinajstić information content (AvgIpc) is 2.00. The van der Waals surface area contributed by atoms with Gasteiger partial charge in [0.05, 0.1) is 14.0 Å². The first-order valence-electron chi connectivity index (χ1n) is 2.81. The minimum atomic E-state index is -2.65. The van der Waals surface area contributed by atoms with Crippen LogP contribution in [0.3, 0.4) is 0 Å². The fraction of sp³-hybridized carbons (Fsp3) is 0.167. The van der Waals surface area contributed by atoms with Gasteiger partial charge < -0.3 is 0 Å². The van der Waals surface area contributed by atoms with Gasteiger partial charge in [0.1, 0.15) is 5.69 Å². The summed E-state index contributed by atoms with van der Waals surface area (Å²) >= 11 is 11.7. The highest BCUT2D eigenvalue weighted by Gasteiger charge is 2.17. The van der Waals surface area contributed by atoms with Crippen molar-refractivity contribution in [2.75, 3.05) is 0 Å². The third kappa shape index (κ3) is 1.95. The van der Waals surface area contributed by atoms with E-state index in [2.05, 4.69) is 36.8 Å². The fourth-order valence-electron chi connectivity index (χ4n) is 0.609. The van der Waals surface area contributed by atoms with E-state index in [1.165, 1.54) is 6.20 Å². The van der Waals surface area contributed by atoms with E-state index in [4.69, 9.17) is 11.6 Å². The molecule has 0 N–H and O–H groups in total. The summed E-state index contributed by atoms with van der Waals surface area (Å²) < 4.78 is 25.3. The van der Waals surface area contributed by atoms with Crippen LogP contribution in [0.25, 0.3) is 0 Å². The lowest BCUT2D eigenvalue weighted by Crippen LogP contribution is -1.92. The molecule has 0 radical (unpaired) electrons. The zero-order chi connectivity index (χ0) is 9.30. The minimum absolute atomic E-state index is 0.0561. The normalized spacial score (nSPS) is 10.8. The smallest absolute Gasteiger partial charge is 0.252 e. The molecule has 12 heavy (non-hydrogen) atoms. The number of alkyl halides is 2. The molecule has 0 saturated carbocycles. The number of hydrogen-bond donors (Lipinski definition) is 0. The Balaban J connectivity index is 3.27. The minimum Gasteiger partial charge on any atom is -0.252 e. The summed E-state index contributed by atoms with van der Waals surface area (Å²) in [6.45, 7) is 0. The van der Waals surface area contributed by atoms with Crippen molar-refractivity contribution < 1.29 is 8.78 Å². The Kier molecular flexibility index (Phi) is 3.43. The van der Waals surface area contributed by atoms with E-state index in [-0.39, 0.29) is 5.02 Å². The van der Waals surface area contributed by atoms with Gasteiger partial charge in [-0.15, -0.1) is 0 Å². The molecule has 0 atom stereocenters. The third-order valence-electron chi connectivity index (χ3n) is 1.15. The van der Waals surface area contributed by atoms with Crippen molar-refractivity contribution in [2.45, 2.75) is 6.43 Å². The van der Waals surface area contributed by atoms with E-state index in [0.29, 0.717) is 8.95 Å². The molecule has 1 nitrogen and oxygen atoms in total. The summed E-state index contributed by atoms with van der Waals surface area (Å²) in [5, 5.41) is -0.0561. The average molecular weight is 321 g/mol. The molecule has 0 aliphatic rings. The first-order valence-corrected chi connectivity index (χ1v) is 4.78. The summed E-state index contributed by atoms with van der Waals surface area (Å²) in [5.41, 5.74) is -0.410. The molecule has 1 aromatic heterocycles. The number of rotatable bonds is 1. The van der Waals surface area contributed by atoms with Crippen LogP contribution in [0.5, 0.6) is 0 Å². The number of nitrogens with zero attached hydrogens (tertiary/aromatic N) is 1. The molecular weight excluding hydrogens is 319 g/mol. The Morgan fingerprint density at radius 3 is 2.50 bits per heavy atom. The molecule has 0 aliphatic carbocycles. The summed E-state index contributed by atoms with van der Waals surface area (Å²) in [6, 6.07) is 0. The lowest BCUT2D eigenvalue weighted by Gasteiger charge is -2.04. The van der Waals surface area contributed by atoms with Crippen LogP contribution >= 0.6 is 43.5 Å². The SMILES string of the molecule is FC(F)c1ncc(Br)c(Br)c1Cl. The summed E-state index contributed by atoms with van der Waals surface area (Å²) in [7, 11) is 0. The number of aromatic nitrogens is 1. The Hall–Kier alpha value is 0.260. The second kappa shape index (κ2) is 3.98. The van der Waals surface area contributed by atoms with Gasteiger partial charge in [-0.2, -0.15) is 0 Å². The summed E-state index contributed by atoms with van der Waals surface area (Å²) in [4.78, 5) is 3.48. The maximum atomic E-state index is 12.2. The Bertz CT molecular complexity index is 306. The second-order valence-electron chi connectivity index (χ2n) is 1.92. The molecule has 1 aromatic rings. The lowest BCUT2D eigenvalue weighted by atomic mass is 10.4. The molecule has 0 aliphatic heterocycles. The van der Waals surface area contributed by atoms with Gasteiger partial charge in [0.2, 0.25) is 0 Å². The lowest BCUT2D eigenvalue weighted by molar-refractivity contribution is 0.146. The largest absolute Gasteiger partial charge is 0.281 e. The maximum Gasteiger partial charge on any atom is 0.281 e. The predicted octanol–water partition coefficient (Wildman–Crippen LogP) is 4.20. The summed E-state index contributed by atoms with van der Waals surface area (Å²) in [6.07, 6.45) is -1.38. The third-order valence-corrected chi connectivity index (χ3v) is 3.72. The van der Waals surface area contributed by atoms with Gasteiger partial charge in [-0.3, -0.25) is 4.98 Å². The fourth-order valence-corrected chi connectivity index (χ4v) is 1.56. The van der Waals surface area contributed by atoms with Crippen molar-refractivity contribution in [3.63, 3.8) is 0 Å². The van der Waals surface area contributed by atoms with E-state index in [1.54, 1.807) is 0 Å². The standard InChI is InChI=1S/C6H2Br2ClF2N/c7-2-1-12-5(6(10)11)4(9)3(2)8/h1,6H. The molecule has 0 spiro atoms. The van der Waals surface area contributed by atoms with Crippen LogP contribution in [0.15, 0.2) is 15.1 Å². The van der Waals surface area contributed by atoms with E-state index < -0.39 is 12.1 Å². The van der Waals surface area contributed by atoms with Gasteiger partial charge in [-0.1, -0.05) is 11.6 Å². The monoisotopic (exact) mass is 319 g/mol. The highest BCUT2D eigenvalue weighted by atomic mass is 79.9. The van der Waals surface area contributed by atoms with E-state index in [9.17, 15) is 8.78 Å². The molecular formula is C6H2Br2ClF2N. The second-order valence-corrected chi connectivity index (χ2v) is 3.95.